The van der Waals surface area contributed by atoms with Crippen molar-refractivity contribution < 1.29 is 4.79 Å². The van der Waals surface area contributed by atoms with Gasteiger partial charge >= 0.3 is 0 Å². The third-order valence-electron chi connectivity index (χ3n) is 3.56. The van der Waals surface area contributed by atoms with Gasteiger partial charge in [0, 0.05) is 5.22 Å². The number of fused-ring (bicyclic) bond motifs is 2. The Bertz CT molecular complexity index is 952. The van der Waals surface area contributed by atoms with Gasteiger partial charge in [-0.05, 0) is 40.4 Å². The zero-order valence-corrected chi connectivity index (χ0v) is 15.2. The molecule has 0 radical (unpaired) electrons. The quantitative estimate of drug-likeness (QED) is 0.787. The minimum Gasteiger partial charge on any atom is -0.298 e. The highest BCUT2D eigenvalue weighted by atomic mass is 79.9. The van der Waals surface area contributed by atoms with Crippen molar-refractivity contribution in [2.24, 2.45) is 10.1 Å². The fourth-order valence-corrected chi connectivity index (χ4v) is 4.38. The van der Waals surface area contributed by atoms with Crippen LogP contribution in [0.1, 0.15) is 11.0 Å². The number of thiophene rings is 1. The van der Waals surface area contributed by atoms with Gasteiger partial charge in [0.25, 0.3) is 5.91 Å². The van der Waals surface area contributed by atoms with E-state index in [1.807, 2.05) is 42.7 Å². The highest BCUT2D eigenvalue weighted by Crippen LogP contribution is 2.35. The molecule has 1 atom stereocenters. The Kier molecular flexibility index (Phi) is 3.74. The third-order valence-corrected chi connectivity index (χ3v) is 5.79. The van der Waals surface area contributed by atoms with Gasteiger partial charge in [0.15, 0.2) is 11.3 Å². The highest BCUT2D eigenvalue weighted by Gasteiger charge is 2.34. The second kappa shape index (κ2) is 5.77. The van der Waals surface area contributed by atoms with Crippen LogP contribution in [0.4, 0.5) is 0 Å². The molecule has 23 heavy (non-hydrogen) atoms. The molecule has 0 spiro atoms. The van der Waals surface area contributed by atoms with E-state index < -0.39 is 0 Å². The number of halogens is 1. The molecule has 0 aliphatic carbocycles. The molecule has 0 bridgehead atoms. The number of amidine groups is 1. The van der Waals surface area contributed by atoms with E-state index in [1.165, 1.54) is 11.8 Å². The number of nitrogens with one attached hydrogen (secondary N) is 1. The van der Waals surface area contributed by atoms with Gasteiger partial charge in [-0.25, -0.2) is 5.01 Å². The van der Waals surface area contributed by atoms with Crippen LogP contribution in [0.15, 0.2) is 50.3 Å². The maximum Gasteiger partial charge on any atom is 0.276 e. The molecular weight excluding hydrogens is 396 g/mol. The van der Waals surface area contributed by atoms with Crippen molar-refractivity contribution in [3.63, 3.8) is 0 Å². The Balaban J connectivity index is 1.99. The van der Waals surface area contributed by atoms with Crippen LogP contribution in [0.25, 0.3) is 5.70 Å². The van der Waals surface area contributed by atoms with Gasteiger partial charge in [-0.3, -0.25) is 15.1 Å². The van der Waals surface area contributed by atoms with Crippen LogP contribution in [0.2, 0.25) is 0 Å². The first-order valence-electron chi connectivity index (χ1n) is 6.83. The van der Waals surface area contributed by atoms with Crippen LogP contribution in [0.3, 0.4) is 0 Å². The molecule has 5 nitrogen and oxygen atoms in total. The molecule has 1 aromatic heterocycles. The molecule has 0 fully saturated rings. The van der Waals surface area contributed by atoms with Crippen LogP contribution in [-0.4, -0.2) is 22.3 Å². The minimum atomic E-state index is -0.329. The summed E-state index contributed by atoms with van der Waals surface area (Å²) in [5, 5.41) is 11.3. The van der Waals surface area contributed by atoms with Crippen LogP contribution in [0.5, 0.6) is 0 Å². The number of hydrazone groups is 1. The van der Waals surface area contributed by atoms with Crippen LogP contribution < -0.4 is 15.9 Å². The number of amides is 1. The van der Waals surface area contributed by atoms with Gasteiger partial charge in [-0.1, -0.05) is 30.0 Å². The van der Waals surface area contributed by atoms with E-state index in [-0.39, 0.29) is 12.1 Å². The van der Waals surface area contributed by atoms with E-state index in [0.29, 0.717) is 10.9 Å². The highest BCUT2D eigenvalue weighted by molar-refractivity contribution is 9.11. The predicted molar refractivity (Wildman–Crippen MR) is 96.3 cm³/mol. The van der Waals surface area contributed by atoms with Crippen molar-refractivity contribution in [1.29, 1.82) is 0 Å². The molecule has 3 heterocycles. The fraction of sp³-hybridized carbons (Fsp3) is 0.133. The third kappa shape index (κ3) is 2.50. The summed E-state index contributed by atoms with van der Waals surface area (Å²) in [7, 11) is 0. The molecule has 1 N–H and O–H groups in total. The SMILES string of the molecule is CSC1=NN2C(=c3ccccc3=N[C@@H]2c2ccc(Br)s2)C(=O)N1. The summed E-state index contributed by atoms with van der Waals surface area (Å²) in [6.07, 6.45) is 1.56. The minimum absolute atomic E-state index is 0.146. The normalized spacial score (nSPS) is 19.5. The molecule has 4 rings (SSSR count). The summed E-state index contributed by atoms with van der Waals surface area (Å²) >= 11 is 6.49. The number of para-hydroxylation sites is 1. The molecule has 2 aromatic rings. The number of carbonyl (C=O) groups is 1. The monoisotopic (exact) mass is 406 g/mol. The summed E-state index contributed by atoms with van der Waals surface area (Å²) in [5.74, 6) is -0.146. The van der Waals surface area contributed by atoms with Gasteiger partial charge in [0.05, 0.1) is 14.0 Å². The average Bonchev–Trinajstić information content (AvgIpc) is 2.99. The average molecular weight is 407 g/mol. The number of benzene rings is 1. The molecule has 0 saturated heterocycles. The first-order chi connectivity index (χ1) is 11.2. The Labute approximate surface area is 148 Å². The lowest BCUT2D eigenvalue weighted by Gasteiger charge is -2.33. The van der Waals surface area contributed by atoms with E-state index in [4.69, 9.17) is 4.99 Å². The number of thioether (sulfide) groups is 1. The lowest BCUT2D eigenvalue weighted by Crippen LogP contribution is -2.50. The molecule has 0 unspecified atom stereocenters. The molecule has 2 aliphatic heterocycles. The van der Waals surface area contributed by atoms with Crippen LogP contribution in [0, 0.1) is 0 Å². The maximum absolute atomic E-state index is 12.6. The van der Waals surface area contributed by atoms with Crippen molar-refractivity contribution in [2.45, 2.75) is 6.17 Å². The first-order valence-corrected chi connectivity index (χ1v) is 9.66. The van der Waals surface area contributed by atoms with Crippen LogP contribution in [-0.2, 0) is 4.79 Å². The van der Waals surface area contributed by atoms with E-state index in [0.717, 1.165) is 19.2 Å². The van der Waals surface area contributed by atoms with Crippen molar-refractivity contribution in [1.82, 2.24) is 10.3 Å². The Morgan fingerprint density at radius 1 is 1.30 bits per heavy atom. The number of carbonyl (C=O) groups excluding carboxylic acids is 1. The lowest BCUT2D eigenvalue weighted by atomic mass is 10.1. The molecule has 1 aromatic carbocycles. The summed E-state index contributed by atoms with van der Waals surface area (Å²) in [4.78, 5) is 18.5. The number of hydrogen-bond donors (Lipinski definition) is 1. The first kappa shape index (κ1) is 14.9. The zero-order valence-electron chi connectivity index (χ0n) is 12.0. The topological polar surface area (TPSA) is 57.1 Å². The lowest BCUT2D eigenvalue weighted by molar-refractivity contribution is -0.116. The van der Waals surface area contributed by atoms with E-state index in [2.05, 4.69) is 26.3 Å². The zero-order chi connectivity index (χ0) is 16.0. The van der Waals surface area contributed by atoms with Crippen molar-refractivity contribution in [3.8, 4) is 0 Å². The van der Waals surface area contributed by atoms with Gasteiger partial charge in [0.2, 0.25) is 0 Å². The molecule has 116 valence electrons. The van der Waals surface area contributed by atoms with Crippen molar-refractivity contribution in [3.05, 3.63) is 55.6 Å². The smallest absolute Gasteiger partial charge is 0.276 e. The Hall–Kier alpha value is -1.64. The molecule has 2 aliphatic rings. The van der Waals surface area contributed by atoms with E-state index >= 15 is 0 Å². The van der Waals surface area contributed by atoms with Gasteiger partial charge in [0.1, 0.15) is 5.70 Å². The molecular formula is C15H11BrN4OS2. The maximum atomic E-state index is 12.6. The summed E-state index contributed by atoms with van der Waals surface area (Å²) in [5.41, 5.74) is 0.544. The summed E-state index contributed by atoms with van der Waals surface area (Å²) < 4.78 is 1.03. The number of rotatable bonds is 1. The van der Waals surface area contributed by atoms with E-state index in [9.17, 15) is 4.79 Å². The molecule has 0 saturated carbocycles. The van der Waals surface area contributed by atoms with E-state index in [1.54, 1.807) is 16.3 Å². The molecule has 1 amide bonds. The molecule has 8 heteroatoms. The van der Waals surface area contributed by atoms with Gasteiger partial charge < -0.3 is 0 Å². The van der Waals surface area contributed by atoms with Crippen LogP contribution >= 0.6 is 39.0 Å². The van der Waals surface area contributed by atoms with Crippen molar-refractivity contribution >= 4 is 55.8 Å². The standard InChI is InChI=1S/C15H11BrN4OS2/c1-22-15-18-14(21)12-8-4-2-3-5-9(8)17-13(20(12)19-15)10-6-7-11(16)23-10/h2-7,13H,1H3,(H,18,19,21)/t13-/m0/s1. The Morgan fingerprint density at radius 3 is 2.87 bits per heavy atom. The Morgan fingerprint density at radius 2 is 2.13 bits per heavy atom. The predicted octanol–water partition coefficient (Wildman–Crippen LogP) is 2.02. The second-order valence-corrected chi connectivity index (χ2v) is 8.21. The van der Waals surface area contributed by atoms with Gasteiger partial charge in [-0.15, -0.1) is 16.4 Å². The summed E-state index contributed by atoms with van der Waals surface area (Å²) in [6, 6.07) is 11.7. The summed E-state index contributed by atoms with van der Waals surface area (Å²) in [6.45, 7) is 0. The number of nitrogens with zero attached hydrogens (tertiary/aromatic N) is 3. The number of hydrogen-bond acceptors (Lipinski definition) is 6. The largest absolute Gasteiger partial charge is 0.298 e. The van der Waals surface area contributed by atoms with Gasteiger partial charge in [-0.2, -0.15) is 0 Å². The second-order valence-electron chi connectivity index (χ2n) is 4.92. The fourth-order valence-electron chi connectivity index (χ4n) is 2.57. The van der Waals surface area contributed by atoms with Crippen molar-refractivity contribution in [2.75, 3.05) is 6.26 Å².